The molecule has 0 aliphatic heterocycles. The van der Waals surface area contributed by atoms with Gasteiger partial charge in [0.15, 0.2) is 5.13 Å². The average Bonchev–Trinajstić information content (AvgIpc) is 2.72. The van der Waals surface area contributed by atoms with E-state index in [9.17, 15) is 9.59 Å². The summed E-state index contributed by atoms with van der Waals surface area (Å²) in [5, 5.41) is 7.46. The molecule has 1 aromatic heterocycles. The number of carbonyl (C=O) groups excluding carboxylic acids is 2. The third kappa shape index (κ3) is 6.01. The van der Waals surface area contributed by atoms with Crippen molar-refractivity contribution in [3.63, 3.8) is 0 Å². The van der Waals surface area contributed by atoms with Crippen molar-refractivity contribution in [2.24, 2.45) is 0 Å². The van der Waals surface area contributed by atoms with Crippen LogP contribution in [0.25, 0.3) is 0 Å². The highest BCUT2D eigenvalue weighted by Crippen LogP contribution is 2.21. The number of alkyl carbamates (subject to hydrolysis) is 1. The molecule has 1 rings (SSSR count). The number of amides is 2. The van der Waals surface area contributed by atoms with E-state index >= 15 is 0 Å². The van der Waals surface area contributed by atoms with E-state index in [-0.39, 0.29) is 12.5 Å². The molecule has 1 heterocycles. The predicted octanol–water partition coefficient (Wildman–Crippen LogP) is 2.73. The summed E-state index contributed by atoms with van der Waals surface area (Å²) in [4.78, 5) is 27.3. The second kappa shape index (κ2) is 6.69. The SMILES string of the molecule is CC(C)c1csc(NC(=O)CNC(=O)OC(C)(C)C)n1. The molecule has 0 aliphatic carbocycles. The van der Waals surface area contributed by atoms with Crippen LogP contribution in [0, 0.1) is 0 Å². The van der Waals surface area contributed by atoms with Crippen LogP contribution in [0.15, 0.2) is 5.38 Å². The Balaban J connectivity index is 2.38. The quantitative estimate of drug-likeness (QED) is 0.895. The van der Waals surface area contributed by atoms with E-state index in [0.717, 1.165) is 5.69 Å². The zero-order valence-corrected chi connectivity index (χ0v) is 13.3. The monoisotopic (exact) mass is 299 g/mol. The third-order valence-corrected chi connectivity index (χ3v) is 2.93. The molecule has 7 heteroatoms. The summed E-state index contributed by atoms with van der Waals surface area (Å²) >= 11 is 1.36. The Labute approximate surface area is 122 Å². The first-order valence-electron chi connectivity index (χ1n) is 6.39. The molecule has 0 unspecified atom stereocenters. The number of hydrogen-bond donors (Lipinski definition) is 2. The van der Waals surface area contributed by atoms with Crippen molar-refractivity contribution in [3.8, 4) is 0 Å². The molecule has 0 aliphatic rings. The first kappa shape index (κ1) is 16.4. The number of ether oxygens (including phenoxy) is 1. The van der Waals surface area contributed by atoms with E-state index < -0.39 is 11.7 Å². The highest BCUT2D eigenvalue weighted by Gasteiger charge is 2.17. The van der Waals surface area contributed by atoms with Crippen molar-refractivity contribution in [1.82, 2.24) is 10.3 Å². The van der Waals surface area contributed by atoms with Crippen molar-refractivity contribution in [2.75, 3.05) is 11.9 Å². The van der Waals surface area contributed by atoms with E-state index in [1.54, 1.807) is 20.8 Å². The minimum atomic E-state index is -0.616. The van der Waals surface area contributed by atoms with Gasteiger partial charge >= 0.3 is 6.09 Å². The molecule has 0 bridgehead atoms. The predicted molar refractivity (Wildman–Crippen MR) is 79.1 cm³/mol. The molecule has 0 aromatic carbocycles. The van der Waals surface area contributed by atoms with E-state index in [1.165, 1.54) is 11.3 Å². The lowest BCUT2D eigenvalue weighted by atomic mass is 10.2. The van der Waals surface area contributed by atoms with Gasteiger partial charge in [0.2, 0.25) is 5.91 Å². The molecule has 0 atom stereocenters. The van der Waals surface area contributed by atoms with E-state index in [2.05, 4.69) is 15.6 Å². The van der Waals surface area contributed by atoms with Gasteiger partial charge in [-0.05, 0) is 26.7 Å². The molecule has 0 fully saturated rings. The summed E-state index contributed by atoms with van der Waals surface area (Å²) in [7, 11) is 0. The molecule has 20 heavy (non-hydrogen) atoms. The zero-order valence-electron chi connectivity index (χ0n) is 12.4. The Bertz CT molecular complexity index is 477. The second-order valence-corrected chi connectivity index (χ2v) is 6.49. The van der Waals surface area contributed by atoms with Gasteiger partial charge in [0.1, 0.15) is 12.1 Å². The lowest BCUT2D eigenvalue weighted by Crippen LogP contribution is -2.37. The number of carbonyl (C=O) groups is 2. The van der Waals surface area contributed by atoms with Gasteiger partial charge < -0.3 is 15.4 Å². The lowest BCUT2D eigenvalue weighted by molar-refractivity contribution is -0.115. The first-order valence-corrected chi connectivity index (χ1v) is 7.27. The summed E-state index contributed by atoms with van der Waals surface area (Å²) < 4.78 is 5.03. The smallest absolute Gasteiger partial charge is 0.408 e. The fourth-order valence-corrected chi connectivity index (χ4v) is 2.13. The maximum Gasteiger partial charge on any atom is 0.408 e. The first-order chi connectivity index (χ1) is 9.17. The molecule has 0 spiro atoms. The molecule has 0 radical (unpaired) electrons. The lowest BCUT2D eigenvalue weighted by Gasteiger charge is -2.19. The van der Waals surface area contributed by atoms with Gasteiger partial charge in [-0.3, -0.25) is 4.79 Å². The zero-order chi connectivity index (χ0) is 15.3. The molecule has 0 saturated heterocycles. The standard InChI is InChI=1S/C13H21N3O3S/c1-8(2)9-7-20-11(15-9)16-10(17)6-14-12(18)19-13(3,4)5/h7-8H,6H2,1-5H3,(H,14,18)(H,15,16,17). The number of thiazole rings is 1. The Morgan fingerprint density at radius 3 is 2.55 bits per heavy atom. The highest BCUT2D eigenvalue weighted by molar-refractivity contribution is 7.13. The molecule has 112 valence electrons. The number of anilines is 1. The minimum Gasteiger partial charge on any atom is -0.444 e. The maximum absolute atomic E-state index is 11.6. The van der Waals surface area contributed by atoms with Gasteiger partial charge in [0, 0.05) is 5.38 Å². The van der Waals surface area contributed by atoms with Gasteiger partial charge in [0.05, 0.1) is 5.69 Å². The summed E-state index contributed by atoms with van der Waals surface area (Å²) in [6.07, 6.45) is -0.616. The average molecular weight is 299 g/mol. The van der Waals surface area contributed by atoms with Crippen molar-refractivity contribution < 1.29 is 14.3 Å². The van der Waals surface area contributed by atoms with Gasteiger partial charge in [-0.1, -0.05) is 13.8 Å². The Hall–Kier alpha value is -1.63. The summed E-state index contributed by atoms with van der Waals surface area (Å²) in [5.41, 5.74) is 0.354. The van der Waals surface area contributed by atoms with Crippen molar-refractivity contribution in [3.05, 3.63) is 11.1 Å². The van der Waals surface area contributed by atoms with Crippen molar-refractivity contribution >= 4 is 28.5 Å². The van der Waals surface area contributed by atoms with E-state index in [4.69, 9.17) is 4.74 Å². The molecular formula is C13H21N3O3S. The molecular weight excluding hydrogens is 278 g/mol. The normalized spacial score (nSPS) is 11.3. The van der Waals surface area contributed by atoms with Crippen LogP contribution in [-0.2, 0) is 9.53 Å². The molecule has 0 saturated carbocycles. The highest BCUT2D eigenvalue weighted by atomic mass is 32.1. The van der Waals surface area contributed by atoms with E-state index in [1.807, 2.05) is 19.2 Å². The largest absolute Gasteiger partial charge is 0.444 e. The van der Waals surface area contributed by atoms with Crippen LogP contribution in [0.4, 0.5) is 9.93 Å². The van der Waals surface area contributed by atoms with Gasteiger partial charge in [-0.15, -0.1) is 11.3 Å². The van der Waals surface area contributed by atoms with Gasteiger partial charge in [-0.2, -0.15) is 0 Å². The number of nitrogens with zero attached hydrogens (tertiary/aromatic N) is 1. The Kier molecular flexibility index (Phi) is 5.50. The van der Waals surface area contributed by atoms with Crippen LogP contribution in [0.3, 0.4) is 0 Å². The fourth-order valence-electron chi connectivity index (χ4n) is 1.24. The van der Waals surface area contributed by atoms with Crippen LogP contribution >= 0.6 is 11.3 Å². The van der Waals surface area contributed by atoms with Crippen LogP contribution in [-0.4, -0.2) is 29.1 Å². The van der Waals surface area contributed by atoms with Crippen LogP contribution < -0.4 is 10.6 Å². The number of aromatic nitrogens is 1. The number of rotatable bonds is 4. The molecule has 6 nitrogen and oxygen atoms in total. The van der Waals surface area contributed by atoms with E-state index in [0.29, 0.717) is 11.0 Å². The molecule has 2 amide bonds. The Morgan fingerprint density at radius 1 is 1.40 bits per heavy atom. The number of nitrogens with one attached hydrogen (secondary N) is 2. The summed E-state index contributed by atoms with van der Waals surface area (Å²) in [6, 6.07) is 0. The Morgan fingerprint density at radius 2 is 2.05 bits per heavy atom. The van der Waals surface area contributed by atoms with Gasteiger partial charge in [-0.25, -0.2) is 9.78 Å². The summed E-state index contributed by atoms with van der Waals surface area (Å²) in [6.45, 7) is 9.20. The van der Waals surface area contributed by atoms with Gasteiger partial charge in [0.25, 0.3) is 0 Å². The van der Waals surface area contributed by atoms with Crippen LogP contribution in [0.2, 0.25) is 0 Å². The molecule has 2 N–H and O–H groups in total. The molecule has 1 aromatic rings. The number of hydrogen-bond acceptors (Lipinski definition) is 5. The van der Waals surface area contributed by atoms with Crippen molar-refractivity contribution in [2.45, 2.75) is 46.1 Å². The maximum atomic E-state index is 11.6. The summed E-state index contributed by atoms with van der Waals surface area (Å²) in [5.74, 6) is -0.0164. The van der Waals surface area contributed by atoms with Crippen molar-refractivity contribution in [1.29, 1.82) is 0 Å². The minimum absolute atomic E-state index is 0.147. The van der Waals surface area contributed by atoms with Crippen LogP contribution in [0.5, 0.6) is 0 Å². The third-order valence-electron chi connectivity index (χ3n) is 2.15. The second-order valence-electron chi connectivity index (χ2n) is 5.64. The topological polar surface area (TPSA) is 80.3 Å². The van der Waals surface area contributed by atoms with Crippen LogP contribution in [0.1, 0.15) is 46.2 Å². The fraction of sp³-hybridized carbons (Fsp3) is 0.615.